The van der Waals surface area contributed by atoms with E-state index >= 15 is 0 Å². The first-order chi connectivity index (χ1) is 12.0. The molecule has 7 heteroatoms. The lowest BCUT2D eigenvalue weighted by Gasteiger charge is -2.15. The van der Waals surface area contributed by atoms with Crippen molar-refractivity contribution in [3.05, 3.63) is 35.9 Å². The third-order valence-corrected chi connectivity index (χ3v) is 3.76. The SMILES string of the molecule is O=C(O)CCCCCC(NC(=O)NCCCc1ccccc1)C(=O)O. The molecule has 0 bridgehead atoms. The zero-order valence-corrected chi connectivity index (χ0v) is 14.2. The number of carboxylic acid groups (broad SMARTS) is 2. The summed E-state index contributed by atoms with van der Waals surface area (Å²) in [4.78, 5) is 33.4. The fraction of sp³-hybridized carbons (Fsp3) is 0.500. The van der Waals surface area contributed by atoms with Crippen molar-refractivity contribution in [1.82, 2.24) is 10.6 Å². The lowest BCUT2D eigenvalue weighted by atomic mass is 10.1. The molecule has 7 nitrogen and oxygen atoms in total. The molecule has 0 aliphatic rings. The van der Waals surface area contributed by atoms with Crippen molar-refractivity contribution in [3.8, 4) is 0 Å². The summed E-state index contributed by atoms with van der Waals surface area (Å²) in [5.74, 6) is -1.94. The highest BCUT2D eigenvalue weighted by atomic mass is 16.4. The second-order valence-electron chi connectivity index (χ2n) is 5.87. The molecule has 0 aromatic heterocycles. The monoisotopic (exact) mass is 350 g/mol. The highest BCUT2D eigenvalue weighted by Crippen LogP contribution is 2.06. The summed E-state index contributed by atoms with van der Waals surface area (Å²) in [6.07, 6.45) is 3.65. The van der Waals surface area contributed by atoms with Crippen LogP contribution < -0.4 is 10.6 Å². The number of nitrogens with one attached hydrogen (secondary N) is 2. The van der Waals surface area contributed by atoms with Crippen LogP contribution in [0.5, 0.6) is 0 Å². The summed E-state index contributed by atoms with van der Waals surface area (Å²) in [5, 5.41) is 22.8. The minimum atomic E-state index is -1.09. The second-order valence-corrected chi connectivity index (χ2v) is 5.87. The van der Waals surface area contributed by atoms with E-state index < -0.39 is 24.0 Å². The van der Waals surface area contributed by atoms with E-state index in [-0.39, 0.29) is 12.8 Å². The maximum atomic E-state index is 11.8. The van der Waals surface area contributed by atoms with Gasteiger partial charge in [0.15, 0.2) is 0 Å². The number of carboxylic acids is 2. The van der Waals surface area contributed by atoms with Gasteiger partial charge in [-0.15, -0.1) is 0 Å². The van der Waals surface area contributed by atoms with E-state index in [2.05, 4.69) is 10.6 Å². The summed E-state index contributed by atoms with van der Waals surface area (Å²) in [5.41, 5.74) is 1.19. The predicted octanol–water partition coefficient (Wildman–Crippen LogP) is 2.41. The summed E-state index contributed by atoms with van der Waals surface area (Å²) >= 11 is 0. The molecule has 0 fully saturated rings. The van der Waals surface area contributed by atoms with Crippen molar-refractivity contribution in [2.75, 3.05) is 6.54 Å². The molecule has 0 spiro atoms. The maximum absolute atomic E-state index is 11.8. The zero-order valence-electron chi connectivity index (χ0n) is 14.2. The van der Waals surface area contributed by atoms with Crippen LogP contribution in [0.3, 0.4) is 0 Å². The molecular weight excluding hydrogens is 324 g/mol. The van der Waals surface area contributed by atoms with Gasteiger partial charge in [-0.2, -0.15) is 0 Å². The Hall–Kier alpha value is -2.57. The first kappa shape index (κ1) is 20.5. The van der Waals surface area contributed by atoms with E-state index in [1.54, 1.807) is 0 Å². The smallest absolute Gasteiger partial charge is 0.326 e. The summed E-state index contributed by atoms with van der Waals surface area (Å²) < 4.78 is 0. The number of amides is 2. The van der Waals surface area contributed by atoms with Crippen LogP contribution in [0.4, 0.5) is 4.79 Å². The third kappa shape index (κ3) is 10.0. The number of rotatable bonds is 12. The van der Waals surface area contributed by atoms with Crippen molar-refractivity contribution < 1.29 is 24.6 Å². The molecule has 1 aromatic carbocycles. The van der Waals surface area contributed by atoms with Gasteiger partial charge in [-0.25, -0.2) is 9.59 Å². The summed E-state index contributed by atoms with van der Waals surface area (Å²) in [7, 11) is 0. The van der Waals surface area contributed by atoms with Gasteiger partial charge in [0.25, 0.3) is 0 Å². The number of hydrogen-bond acceptors (Lipinski definition) is 3. The molecule has 138 valence electrons. The van der Waals surface area contributed by atoms with Gasteiger partial charge in [0.2, 0.25) is 0 Å². The van der Waals surface area contributed by atoms with E-state index in [0.717, 1.165) is 12.8 Å². The number of carbonyl (C=O) groups excluding carboxylic acids is 1. The number of aryl methyl sites for hydroxylation is 1. The van der Waals surface area contributed by atoms with Crippen LogP contribution in [0.15, 0.2) is 30.3 Å². The third-order valence-electron chi connectivity index (χ3n) is 3.76. The van der Waals surface area contributed by atoms with Crippen LogP contribution in [0.1, 0.15) is 44.1 Å². The Morgan fingerprint density at radius 3 is 2.32 bits per heavy atom. The van der Waals surface area contributed by atoms with Crippen molar-refractivity contribution >= 4 is 18.0 Å². The van der Waals surface area contributed by atoms with Gasteiger partial charge in [0.1, 0.15) is 6.04 Å². The van der Waals surface area contributed by atoms with E-state index in [4.69, 9.17) is 10.2 Å². The minimum Gasteiger partial charge on any atom is -0.481 e. The average molecular weight is 350 g/mol. The fourth-order valence-corrected chi connectivity index (χ4v) is 2.41. The van der Waals surface area contributed by atoms with Crippen LogP contribution in [0.2, 0.25) is 0 Å². The normalized spacial score (nSPS) is 11.5. The van der Waals surface area contributed by atoms with Gasteiger partial charge in [-0.3, -0.25) is 4.79 Å². The Bertz CT molecular complexity index is 548. The van der Waals surface area contributed by atoms with E-state index in [1.165, 1.54) is 5.56 Å². The quantitative estimate of drug-likeness (QED) is 0.432. The van der Waals surface area contributed by atoms with Gasteiger partial charge in [0, 0.05) is 13.0 Å². The standard InChI is InChI=1S/C18H26N2O5/c21-16(22)12-6-2-5-11-15(17(23)24)20-18(25)19-13-7-10-14-8-3-1-4-9-14/h1,3-4,8-9,15H,2,5-7,10-13H2,(H,21,22)(H,23,24)(H2,19,20,25). The van der Waals surface area contributed by atoms with E-state index in [0.29, 0.717) is 25.8 Å². The molecule has 0 aliphatic carbocycles. The van der Waals surface area contributed by atoms with Crippen molar-refractivity contribution in [3.63, 3.8) is 0 Å². The van der Waals surface area contributed by atoms with E-state index in [9.17, 15) is 14.4 Å². The second kappa shape index (κ2) is 11.9. The molecule has 0 radical (unpaired) electrons. The Morgan fingerprint density at radius 2 is 1.68 bits per heavy atom. The molecule has 0 heterocycles. The Kier molecular flexibility index (Phi) is 9.74. The lowest BCUT2D eigenvalue weighted by Crippen LogP contribution is -2.46. The summed E-state index contributed by atoms with van der Waals surface area (Å²) in [6.45, 7) is 0.464. The zero-order chi connectivity index (χ0) is 18.5. The van der Waals surface area contributed by atoms with Gasteiger partial charge in [-0.1, -0.05) is 43.2 Å². The van der Waals surface area contributed by atoms with Crippen LogP contribution in [-0.4, -0.2) is 40.8 Å². The molecule has 25 heavy (non-hydrogen) atoms. The van der Waals surface area contributed by atoms with Gasteiger partial charge in [0.05, 0.1) is 0 Å². The average Bonchev–Trinajstić information content (AvgIpc) is 2.58. The minimum absolute atomic E-state index is 0.0765. The first-order valence-electron chi connectivity index (χ1n) is 8.52. The molecule has 1 rings (SSSR count). The molecule has 4 N–H and O–H groups in total. The Labute approximate surface area is 147 Å². The van der Waals surface area contributed by atoms with Crippen molar-refractivity contribution in [1.29, 1.82) is 0 Å². The number of benzene rings is 1. The van der Waals surface area contributed by atoms with E-state index in [1.807, 2.05) is 30.3 Å². The van der Waals surface area contributed by atoms with Crippen molar-refractivity contribution in [2.45, 2.75) is 51.0 Å². The first-order valence-corrected chi connectivity index (χ1v) is 8.52. The van der Waals surface area contributed by atoms with Crippen LogP contribution in [-0.2, 0) is 16.0 Å². The topological polar surface area (TPSA) is 116 Å². The highest BCUT2D eigenvalue weighted by Gasteiger charge is 2.19. The molecular formula is C18H26N2O5. The fourth-order valence-electron chi connectivity index (χ4n) is 2.41. The Morgan fingerprint density at radius 1 is 0.960 bits per heavy atom. The predicted molar refractivity (Wildman–Crippen MR) is 93.4 cm³/mol. The number of carbonyl (C=O) groups is 3. The maximum Gasteiger partial charge on any atom is 0.326 e. The van der Waals surface area contributed by atoms with Crippen LogP contribution in [0, 0.1) is 0 Å². The molecule has 1 atom stereocenters. The molecule has 0 saturated heterocycles. The van der Waals surface area contributed by atoms with Crippen LogP contribution in [0.25, 0.3) is 0 Å². The molecule has 2 amide bonds. The number of aliphatic carboxylic acids is 2. The Balaban J connectivity index is 2.19. The summed E-state index contributed by atoms with van der Waals surface area (Å²) in [6, 6.07) is 8.45. The number of urea groups is 1. The lowest BCUT2D eigenvalue weighted by molar-refractivity contribution is -0.139. The highest BCUT2D eigenvalue weighted by molar-refractivity contribution is 5.82. The molecule has 0 aliphatic heterocycles. The largest absolute Gasteiger partial charge is 0.481 e. The molecule has 1 unspecified atom stereocenters. The van der Waals surface area contributed by atoms with Gasteiger partial charge >= 0.3 is 18.0 Å². The van der Waals surface area contributed by atoms with Crippen molar-refractivity contribution in [2.24, 2.45) is 0 Å². The number of unbranched alkanes of at least 4 members (excludes halogenated alkanes) is 2. The van der Waals surface area contributed by atoms with Crippen LogP contribution >= 0.6 is 0 Å². The molecule has 0 saturated carbocycles. The number of hydrogen-bond donors (Lipinski definition) is 4. The molecule has 1 aromatic rings. The van der Waals surface area contributed by atoms with Gasteiger partial charge in [-0.05, 0) is 31.2 Å². The van der Waals surface area contributed by atoms with Gasteiger partial charge < -0.3 is 20.8 Å².